The highest BCUT2D eigenvalue weighted by Gasteiger charge is 2.08. The molecule has 1 unspecified atom stereocenters. The second-order valence-electron chi connectivity index (χ2n) is 4.82. The minimum Gasteiger partial charge on any atom is -0.477 e. The van der Waals surface area contributed by atoms with E-state index in [1.165, 1.54) is 19.3 Å². The van der Waals surface area contributed by atoms with Gasteiger partial charge in [0.2, 0.25) is 5.88 Å². The molecule has 18 heavy (non-hydrogen) atoms. The first kappa shape index (κ1) is 15.3. The summed E-state index contributed by atoms with van der Waals surface area (Å²) in [5.41, 5.74) is 2.03. The molecule has 0 aliphatic heterocycles. The first-order chi connectivity index (χ1) is 8.69. The minimum absolute atomic E-state index is 0.507. The summed E-state index contributed by atoms with van der Waals surface area (Å²) in [5, 5.41) is 0. The zero-order valence-corrected chi connectivity index (χ0v) is 12.5. The van der Waals surface area contributed by atoms with Crippen LogP contribution < -0.4 is 4.74 Å². The number of unbranched alkanes of at least 4 members (excludes halogenated alkanes) is 1. The monoisotopic (exact) mass is 269 g/mol. The van der Waals surface area contributed by atoms with Crippen molar-refractivity contribution in [3.63, 3.8) is 0 Å². The van der Waals surface area contributed by atoms with Crippen molar-refractivity contribution in [2.45, 2.75) is 52.3 Å². The van der Waals surface area contributed by atoms with Crippen LogP contribution in [0.1, 0.15) is 50.8 Å². The average molecular weight is 270 g/mol. The van der Waals surface area contributed by atoms with Gasteiger partial charge in [0.15, 0.2) is 0 Å². The van der Waals surface area contributed by atoms with E-state index in [4.69, 9.17) is 16.3 Å². The van der Waals surface area contributed by atoms with Gasteiger partial charge in [-0.1, -0.05) is 33.1 Å². The summed E-state index contributed by atoms with van der Waals surface area (Å²) in [5.74, 6) is 1.85. The molecule has 1 heterocycles. The van der Waals surface area contributed by atoms with Gasteiger partial charge in [0.1, 0.15) is 0 Å². The van der Waals surface area contributed by atoms with Crippen molar-refractivity contribution in [1.82, 2.24) is 4.98 Å². The third-order valence-electron chi connectivity index (χ3n) is 3.15. The molecule has 1 aromatic rings. The number of hydrogen-bond acceptors (Lipinski definition) is 2. The molecule has 1 aromatic heterocycles. The SMILES string of the molecule is CCCCC(CC)COc1cc(CCl)cc(C)n1. The molecule has 0 saturated carbocycles. The Kier molecular flexibility index (Phi) is 7.11. The Bertz CT molecular complexity index is 354. The molecule has 3 heteroatoms. The Hall–Kier alpha value is -0.760. The van der Waals surface area contributed by atoms with Crippen molar-refractivity contribution in [3.05, 3.63) is 23.4 Å². The fourth-order valence-electron chi connectivity index (χ4n) is 1.96. The standard InChI is InChI=1S/C15H24ClNO/c1-4-6-7-13(5-2)11-18-15-9-14(10-16)8-12(3)17-15/h8-9,13H,4-7,10-11H2,1-3H3. The highest BCUT2D eigenvalue weighted by Crippen LogP contribution is 2.18. The van der Waals surface area contributed by atoms with E-state index in [0.717, 1.165) is 24.3 Å². The number of aromatic nitrogens is 1. The quantitative estimate of drug-likeness (QED) is 0.637. The number of ether oxygens (including phenoxy) is 1. The molecule has 0 N–H and O–H groups in total. The second kappa shape index (κ2) is 8.36. The topological polar surface area (TPSA) is 22.1 Å². The van der Waals surface area contributed by atoms with Crippen LogP contribution in [0.15, 0.2) is 12.1 Å². The van der Waals surface area contributed by atoms with Gasteiger partial charge < -0.3 is 4.74 Å². The molecule has 0 aromatic carbocycles. The van der Waals surface area contributed by atoms with E-state index < -0.39 is 0 Å². The molecule has 0 spiro atoms. The molecule has 0 aliphatic carbocycles. The van der Waals surface area contributed by atoms with Crippen LogP contribution in [-0.2, 0) is 5.88 Å². The summed E-state index contributed by atoms with van der Waals surface area (Å²) in [6.45, 7) is 7.17. The molecule has 102 valence electrons. The van der Waals surface area contributed by atoms with Crippen molar-refractivity contribution < 1.29 is 4.74 Å². The van der Waals surface area contributed by atoms with E-state index in [-0.39, 0.29) is 0 Å². The molecule has 0 bridgehead atoms. The van der Waals surface area contributed by atoms with Gasteiger partial charge in [0.25, 0.3) is 0 Å². The van der Waals surface area contributed by atoms with Crippen molar-refractivity contribution >= 4 is 11.6 Å². The first-order valence-corrected chi connectivity index (χ1v) is 7.39. The molecule has 1 rings (SSSR count). The van der Waals surface area contributed by atoms with Crippen LogP contribution in [-0.4, -0.2) is 11.6 Å². The van der Waals surface area contributed by atoms with Gasteiger partial charge in [-0.15, -0.1) is 11.6 Å². The van der Waals surface area contributed by atoms with Gasteiger partial charge in [0, 0.05) is 17.6 Å². The zero-order chi connectivity index (χ0) is 13.4. The van der Waals surface area contributed by atoms with Gasteiger partial charge in [-0.25, -0.2) is 4.98 Å². The fraction of sp³-hybridized carbons (Fsp3) is 0.667. The van der Waals surface area contributed by atoms with Crippen molar-refractivity contribution in [2.75, 3.05) is 6.61 Å². The molecule has 1 atom stereocenters. The molecular formula is C15H24ClNO. The summed E-state index contributed by atoms with van der Waals surface area (Å²) < 4.78 is 5.81. The molecule has 2 nitrogen and oxygen atoms in total. The third-order valence-corrected chi connectivity index (χ3v) is 3.46. The Morgan fingerprint density at radius 3 is 2.72 bits per heavy atom. The van der Waals surface area contributed by atoms with E-state index in [9.17, 15) is 0 Å². The number of alkyl halides is 1. The van der Waals surface area contributed by atoms with Crippen molar-refractivity contribution in [3.8, 4) is 5.88 Å². The predicted molar refractivity (Wildman–Crippen MR) is 77.3 cm³/mol. The van der Waals surface area contributed by atoms with E-state index >= 15 is 0 Å². The van der Waals surface area contributed by atoms with E-state index in [0.29, 0.717) is 17.7 Å². The summed E-state index contributed by atoms with van der Waals surface area (Å²) >= 11 is 5.85. The van der Waals surface area contributed by atoms with Gasteiger partial charge in [-0.3, -0.25) is 0 Å². The maximum atomic E-state index is 5.85. The minimum atomic E-state index is 0.507. The van der Waals surface area contributed by atoms with E-state index in [2.05, 4.69) is 18.8 Å². The number of pyridine rings is 1. The normalized spacial score (nSPS) is 12.4. The molecular weight excluding hydrogens is 246 g/mol. The van der Waals surface area contributed by atoms with Gasteiger partial charge in [0.05, 0.1) is 6.61 Å². The van der Waals surface area contributed by atoms with Crippen LogP contribution in [0, 0.1) is 12.8 Å². The van der Waals surface area contributed by atoms with E-state index in [1.54, 1.807) is 0 Å². The van der Waals surface area contributed by atoms with Gasteiger partial charge in [-0.2, -0.15) is 0 Å². The molecule has 0 amide bonds. The van der Waals surface area contributed by atoms with Crippen LogP contribution >= 0.6 is 11.6 Å². The largest absolute Gasteiger partial charge is 0.477 e. The Morgan fingerprint density at radius 1 is 1.33 bits per heavy atom. The van der Waals surface area contributed by atoms with Crippen LogP contribution in [0.4, 0.5) is 0 Å². The smallest absolute Gasteiger partial charge is 0.213 e. The fourth-order valence-corrected chi connectivity index (χ4v) is 2.11. The maximum absolute atomic E-state index is 5.85. The second-order valence-corrected chi connectivity index (χ2v) is 5.08. The van der Waals surface area contributed by atoms with Crippen LogP contribution in [0.5, 0.6) is 5.88 Å². The number of aryl methyl sites for hydroxylation is 1. The van der Waals surface area contributed by atoms with Crippen LogP contribution in [0.2, 0.25) is 0 Å². The molecule has 0 aliphatic rings. The Morgan fingerprint density at radius 2 is 2.11 bits per heavy atom. The highest BCUT2D eigenvalue weighted by molar-refractivity contribution is 6.17. The summed E-state index contributed by atoms with van der Waals surface area (Å²) in [6.07, 6.45) is 4.92. The lowest BCUT2D eigenvalue weighted by Crippen LogP contribution is -2.12. The summed E-state index contributed by atoms with van der Waals surface area (Å²) in [4.78, 5) is 4.39. The summed E-state index contributed by atoms with van der Waals surface area (Å²) in [7, 11) is 0. The van der Waals surface area contributed by atoms with Gasteiger partial charge in [-0.05, 0) is 30.9 Å². The highest BCUT2D eigenvalue weighted by atomic mass is 35.5. The van der Waals surface area contributed by atoms with Crippen LogP contribution in [0.25, 0.3) is 0 Å². The molecule has 0 fully saturated rings. The van der Waals surface area contributed by atoms with E-state index in [1.807, 2.05) is 19.1 Å². The number of halogens is 1. The summed E-state index contributed by atoms with van der Waals surface area (Å²) in [6, 6.07) is 3.93. The van der Waals surface area contributed by atoms with Crippen molar-refractivity contribution in [2.24, 2.45) is 5.92 Å². The average Bonchev–Trinajstić information content (AvgIpc) is 2.38. The molecule has 0 saturated heterocycles. The number of rotatable bonds is 8. The lowest BCUT2D eigenvalue weighted by atomic mass is 10.0. The lowest BCUT2D eigenvalue weighted by molar-refractivity contribution is 0.225. The first-order valence-electron chi connectivity index (χ1n) is 6.85. The zero-order valence-electron chi connectivity index (χ0n) is 11.7. The Labute approximate surface area is 116 Å². The number of hydrogen-bond donors (Lipinski definition) is 0. The third kappa shape index (κ3) is 5.26. The maximum Gasteiger partial charge on any atom is 0.213 e. The predicted octanol–water partition coefficient (Wildman–Crippen LogP) is 4.72. The van der Waals surface area contributed by atoms with Crippen LogP contribution in [0.3, 0.4) is 0 Å². The number of nitrogens with zero attached hydrogens (tertiary/aromatic N) is 1. The Balaban J connectivity index is 2.53. The lowest BCUT2D eigenvalue weighted by Gasteiger charge is -2.15. The van der Waals surface area contributed by atoms with Gasteiger partial charge >= 0.3 is 0 Å². The van der Waals surface area contributed by atoms with Crippen molar-refractivity contribution in [1.29, 1.82) is 0 Å². The molecule has 0 radical (unpaired) electrons.